The van der Waals surface area contributed by atoms with Gasteiger partial charge in [0, 0.05) is 9.99 Å². The average molecular weight is 328 g/mol. The predicted molar refractivity (Wildman–Crippen MR) is 58.5 cm³/mol. The van der Waals surface area contributed by atoms with E-state index in [-0.39, 0.29) is 6.42 Å². The lowest BCUT2D eigenvalue weighted by molar-refractivity contribution is -0.171. The van der Waals surface area contributed by atoms with E-state index in [1.807, 2.05) is 0 Å². The van der Waals surface area contributed by atoms with Crippen LogP contribution in [0.1, 0.15) is 12.0 Å². The Balaban J connectivity index is 2.51. The highest BCUT2D eigenvalue weighted by Gasteiger charge is 2.37. The Bertz CT molecular complexity index is 343. The lowest BCUT2D eigenvalue weighted by Crippen LogP contribution is -2.22. The minimum absolute atomic E-state index is 0.134. The minimum Gasteiger partial charge on any atom is -0.290 e. The summed E-state index contributed by atoms with van der Waals surface area (Å²) in [5.41, 5.74) is 0.744. The van der Waals surface area contributed by atoms with Crippen molar-refractivity contribution in [1.82, 2.24) is 0 Å². The maximum Gasteiger partial charge on any atom is 0.449 e. The third kappa shape index (κ3) is 4.19. The SMILES string of the molecule is O=C(CCc1ccc(I)cc1)C(F)(F)F. The molecule has 15 heavy (non-hydrogen) atoms. The van der Waals surface area contributed by atoms with Crippen LogP contribution in [-0.2, 0) is 11.2 Å². The van der Waals surface area contributed by atoms with Gasteiger partial charge >= 0.3 is 6.18 Å². The van der Waals surface area contributed by atoms with Gasteiger partial charge in [0.1, 0.15) is 0 Å². The number of hydrogen-bond acceptors (Lipinski definition) is 1. The molecule has 0 saturated heterocycles. The molecule has 82 valence electrons. The highest BCUT2D eigenvalue weighted by molar-refractivity contribution is 14.1. The van der Waals surface area contributed by atoms with E-state index in [1.165, 1.54) is 0 Å². The molecule has 0 fully saturated rings. The summed E-state index contributed by atoms with van der Waals surface area (Å²) >= 11 is 2.10. The van der Waals surface area contributed by atoms with Crippen molar-refractivity contribution in [1.29, 1.82) is 0 Å². The van der Waals surface area contributed by atoms with Crippen LogP contribution in [0, 0.1) is 3.57 Å². The summed E-state index contributed by atoms with van der Waals surface area (Å²) in [4.78, 5) is 10.6. The highest BCUT2D eigenvalue weighted by Crippen LogP contribution is 2.19. The van der Waals surface area contributed by atoms with Crippen molar-refractivity contribution in [3.8, 4) is 0 Å². The van der Waals surface area contributed by atoms with Crippen LogP contribution in [-0.4, -0.2) is 12.0 Å². The number of carbonyl (C=O) groups is 1. The number of halogens is 4. The van der Waals surface area contributed by atoms with E-state index in [2.05, 4.69) is 22.6 Å². The van der Waals surface area contributed by atoms with Gasteiger partial charge in [0.15, 0.2) is 0 Å². The van der Waals surface area contributed by atoms with Crippen LogP contribution >= 0.6 is 22.6 Å². The van der Waals surface area contributed by atoms with Gasteiger partial charge in [-0.2, -0.15) is 13.2 Å². The van der Waals surface area contributed by atoms with Crippen LogP contribution in [0.5, 0.6) is 0 Å². The van der Waals surface area contributed by atoms with Crippen LogP contribution in [0.3, 0.4) is 0 Å². The zero-order valence-electron chi connectivity index (χ0n) is 7.64. The fourth-order valence-electron chi connectivity index (χ4n) is 1.05. The molecule has 1 nitrogen and oxygen atoms in total. The maximum absolute atomic E-state index is 11.9. The molecule has 0 heterocycles. The summed E-state index contributed by atoms with van der Waals surface area (Å²) < 4.78 is 36.6. The lowest BCUT2D eigenvalue weighted by atomic mass is 10.1. The molecule has 0 unspecified atom stereocenters. The standard InChI is InChI=1S/C10H8F3IO/c11-10(12,13)9(15)6-3-7-1-4-8(14)5-2-7/h1-2,4-5H,3,6H2. The maximum atomic E-state index is 11.9. The first-order valence-corrected chi connectivity index (χ1v) is 5.32. The molecule has 0 spiro atoms. The molecule has 0 bridgehead atoms. The minimum atomic E-state index is -4.71. The molecule has 0 amide bonds. The normalized spacial score (nSPS) is 11.5. The van der Waals surface area contributed by atoms with Gasteiger partial charge in [0.2, 0.25) is 5.78 Å². The molecule has 0 aromatic heterocycles. The van der Waals surface area contributed by atoms with E-state index in [1.54, 1.807) is 24.3 Å². The molecule has 1 aromatic carbocycles. The van der Waals surface area contributed by atoms with Gasteiger partial charge < -0.3 is 0 Å². The fraction of sp³-hybridized carbons (Fsp3) is 0.300. The summed E-state index contributed by atoms with van der Waals surface area (Å²) in [5.74, 6) is -1.67. The van der Waals surface area contributed by atoms with Crippen molar-refractivity contribution < 1.29 is 18.0 Å². The summed E-state index contributed by atoms with van der Waals surface area (Å²) in [5, 5.41) is 0. The van der Waals surface area contributed by atoms with Crippen molar-refractivity contribution in [3.63, 3.8) is 0 Å². The van der Waals surface area contributed by atoms with Crippen LogP contribution in [0.2, 0.25) is 0 Å². The number of alkyl halides is 3. The van der Waals surface area contributed by atoms with Gasteiger partial charge in [-0.05, 0) is 46.7 Å². The lowest BCUT2D eigenvalue weighted by Gasteiger charge is -2.04. The molecule has 0 atom stereocenters. The Kier molecular flexibility index (Phi) is 4.12. The number of Topliss-reactive ketones (excluding diaryl/α,β-unsaturated/α-hetero) is 1. The quantitative estimate of drug-likeness (QED) is 0.778. The third-order valence-electron chi connectivity index (χ3n) is 1.87. The fourth-order valence-corrected chi connectivity index (χ4v) is 1.41. The van der Waals surface area contributed by atoms with Gasteiger partial charge in [-0.25, -0.2) is 0 Å². The van der Waals surface area contributed by atoms with Gasteiger partial charge in [-0.3, -0.25) is 4.79 Å². The first-order chi connectivity index (χ1) is 6.89. The third-order valence-corrected chi connectivity index (χ3v) is 2.59. The van der Waals surface area contributed by atoms with Crippen molar-refractivity contribution in [2.75, 3.05) is 0 Å². The summed E-state index contributed by atoms with van der Waals surface area (Å²) in [6.07, 6.45) is -5.05. The number of rotatable bonds is 3. The van der Waals surface area contributed by atoms with Crippen molar-refractivity contribution in [3.05, 3.63) is 33.4 Å². The van der Waals surface area contributed by atoms with E-state index in [9.17, 15) is 18.0 Å². The van der Waals surface area contributed by atoms with Gasteiger partial charge in [-0.1, -0.05) is 12.1 Å². The predicted octanol–water partition coefficient (Wildman–Crippen LogP) is 3.36. The number of benzene rings is 1. The molecule has 0 aliphatic heterocycles. The van der Waals surface area contributed by atoms with Crippen molar-refractivity contribution in [2.24, 2.45) is 0 Å². The number of aryl methyl sites for hydroxylation is 1. The smallest absolute Gasteiger partial charge is 0.290 e. The molecule has 0 aliphatic rings. The molecule has 0 N–H and O–H groups in total. The number of carbonyl (C=O) groups excluding carboxylic acids is 1. The first kappa shape index (κ1) is 12.5. The van der Waals surface area contributed by atoms with Crippen molar-refractivity contribution in [2.45, 2.75) is 19.0 Å². The van der Waals surface area contributed by atoms with E-state index >= 15 is 0 Å². The molecule has 0 aliphatic carbocycles. The topological polar surface area (TPSA) is 17.1 Å². The molecular weight excluding hydrogens is 320 g/mol. The van der Waals surface area contributed by atoms with E-state index < -0.39 is 18.4 Å². The molecule has 0 saturated carbocycles. The van der Waals surface area contributed by atoms with Crippen LogP contribution in [0.25, 0.3) is 0 Å². The van der Waals surface area contributed by atoms with Crippen LogP contribution in [0.15, 0.2) is 24.3 Å². The Hall–Kier alpha value is -0.590. The zero-order chi connectivity index (χ0) is 11.5. The van der Waals surface area contributed by atoms with Crippen LogP contribution in [0.4, 0.5) is 13.2 Å². The Morgan fingerprint density at radius 1 is 1.20 bits per heavy atom. The van der Waals surface area contributed by atoms with Crippen LogP contribution < -0.4 is 0 Å². The largest absolute Gasteiger partial charge is 0.449 e. The molecule has 1 aromatic rings. The molecular formula is C10H8F3IO. The second kappa shape index (κ2) is 4.96. The zero-order valence-corrected chi connectivity index (χ0v) is 9.80. The van der Waals surface area contributed by atoms with E-state index in [4.69, 9.17) is 0 Å². The number of hydrogen-bond donors (Lipinski definition) is 0. The van der Waals surface area contributed by atoms with E-state index in [0.717, 1.165) is 9.13 Å². The highest BCUT2D eigenvalue weighted by atomic mass is 127. The number of ketones is 1. The average Bonchev–Trinajstić information content (AvgIpc) is 2.15. The summed E-state index contributed by atoms with van der Waals surface area (Å²) in [6, 6.07) is 7.05. The van der Waals surface area contributed by atoms with Crippen molar-refractivity contribution >= 4 is 28.4 Å². The summed E-state index contributed by atoms with van der Waals surface area (Å²) in [6.45, 7) is 0. The Labute approximate surface area is 98.8 Å². The molecule has 0 radical (unpaired) electrons. The summed E-state index contributed by atoms with van der Waals surface area (Å²) in [7, 11) is 0. The van der Waals surface area contributed by atoms with E-state index in [0.29, 0.717) is 0 Å². The van der Waals surface area contributed by atoms with Gasteiger partial charge in [0.05, 0.1) is 0 Å². The van der Waals surface area contributed by atoms with Gasteiger partial charge in [0.25, 0.3) is 0 Å². The second-order valence-corrected chi connectivity index (χ2v) is 4.29. The second-order valence-electron chi connectivity index (χ2n) is 3.05. The Morgan fingerprint density at radius 3 is 2.20 bits per heavy atom. The Morgan fingerprint density at radius 2 is 1.73 bits per heavy atom. The molecule has 5 heteroatoms. The molecule has 1 rings (SSSR count). The van der Waals surface area contributed by atoms with Gasteiger partial charge in [-0.15, -0.1) is 0 Å². The first-order valence-electron chi connectivity index (χ1n) is 4.24. The monoisotopic (exact) mass is 328 g/mol.